The van der Waals surface area contributed by atoms with Crippen LogP contribution in [0, 0.1) is 0 Å². The number of methoxy groups -OCH3 is 1. The maximum atomic E-state index is 12.1. The number of anilines is 1. The minimum absolute atomic E-state index is 0.169. The van der Waals surface area contributed by atoms with Crippen LogP contribution in [0.25, 0.3) is 0 Å². The second-order valence-corrected chi connectivity index (χ2v) is 5.31. The standard InChI is InChI=1S/C13H18BrN5O2/c1-18-10(4-6-16-18)3-5-15-11-9-17-19(7-8-21-2)13(20)12(11)14/h4,6,9,15H,3,5,7-8H2,1-2H3. The molecule has 1 N–H and O–H groups in total. The zero-order valence-corrected chi connectivity index (χ0v) is 13.6. The molecule has 0 saturated heterocycles. The summed E-state index contributed by atoms with van der Waals surface area (Å²) in [5.74, 6) is 0. The van der Waals surface area contributed by atoms with Gasteiger partial charge >= 0.3 is 0 Å². The van der Waals surface area contributed by atoms with Crippen LogP contribution in [0.15, 0.2) is 27.7 Å². The average molecular weight is 356 g/mol. The maximum absolute atomic E-state index is 12.1. The van der Waals surface area contributed by atoms with E-state index in [0.29, 0.717) is 29.9 Å². The SMILES string of the molecule is COCCn1ncc(NCCc2ccnn2C)c(Br)c1=O. The van der Waals surface area contributed by atoms with Crippen molar-refractivity contribution in [3.63, 3.8) is 0 Å². The fraction of sp³-hybridized carbons (Fsp3) is 0.462. The van der Waals surface area contributed by atoms with Gasteiger partial charge in [0.2, 0.25) is 0 Å². The van der Waals surface area contributed by atoms with Gasteiger partial charge in [0.25, 0.3) is 5.56 Å². The molecule has 0 spiro atoms. The molecule has 0 fully saturated rings. The fourth-order valence-electron chi connectivity index (χ4n) is 1.90. The molecule has 0 saturated carbocycles. The Morgan fingerprint density at radius 3 is 2.90 bits per heavy atom. The lowest BCUT2D eigenvalue weighted by Crippen LogP contribution is -2.26. The van der Waals surface area contributed by atoms with Gasteiger partial charge in [0, 0.05) is 39.0 Å². The lowest BCUT2D eigenvalue weighted by Gasteiger charge is -2.10. The highest BCUT2D eigenvalue weighted by atomic mass is 79.9. The zero-order valence-electron chi connectivity index (χ0n) is 12.0. The molecule has 0 unspecified atom stereocenters. The third-order valence-electron chi connectivity index (χ3n) is 3.11. The molecule has 7 nitrogen and oxygen atoms in total. The molecule has 0 aromatic carbocycles. The lowest BCUT2D eigenvalue weighted by atomic mass is 10.3. The number of aryl methyl sites for hydroxylation is 1. The number of aromatic nitrogens is 4. The molecule has 8 heteroatoms. The summed E-state index contributed by atoms with van der Waals surface area (Å²) in [6.07, 6.45) is 4.23. The summed E-state index contributed by atoms with van der Waals surface area (Å²) in [6, 6.07) is 1.97. The minimum Gasteiger partial charge on any atom is -0.383 e. The average Bonchev–Trinajstić information content (AvgIpc) is 2.88. The number of halogens is 1. The first-order chi connectivity index (χ1) is 10.1. The summed E-state index contributed by atoms with van der Waals surface area (Å²) in [7, 11) is 3.50. The Kier molecular flexibility index (Phi) is 5.51. The molecule has 2 aromatic rings. The number of ether oxygens (including phenoxy) is 1. The van der Waals surface area contributed by atoms with Crippen LogP contribution in [0.1, 0.15) is 5.69 Å². The first kappa shape index (κ1) is 15.7. The number of nitrogens with one attached hydrogen (secondary N) is 1. The van der Waals surface area contributed by atoms with Crippen LogP contribution < -0.4 is 10.9 Å². The lowest BCUT2D eigenvalue weighted by molar-refractivity contribution is 0.181. The summed E-state index contributed by atoms with van der Waals surface area (Å²) in [4.78, 5) is 12.1. The van der Waals surface area contributed by atoms with E-state index in [4.69, 9.17) is 4.74 Å². The molecule has 0 radical (unpaired) electrons. The highest BCUT2D eigenvalue weighted by Crippen LogP contribution is 2.16. The van der Waals surface area contributed by atoms with E-state index in [0.717, 1.165) is 12.1 Å². The van der Waals surface area contributed by atoms with Gasteiger partial charge in [0.1, 0.15) is 4.47 Å². The topological polar surface area (TPSA) is 74.0 Å². The fourth-order valence-corrected chi connectivity index (χ4v) is 2.34. The molecule has 0 bridgehead atoms. The Morgan fingerprint density at radius 1 is 1.43 bits per heavy atom. The quantitative estimate of drug-likeness (QED) is 0.803. The molecule has 2 heterocycles. The van der Waals surface area contributed by atoms with E-state index in [2.05, 4.69) is 31.4 Å². The van der Waals surface area contributed by atoms with Crippen LogP contribution in [0.3, 0.4) is 0 Å². The molecule has 114 valence electrons. The van der Waals surface area contributed by atoms with Crippen molar-refractivity contribution in [1.82, 2.24) is 19.6 Å². The van der Waals surface area contributed by atoms with Crippen molar-refractivity contribution in [3.8, 4) is 0 Å². The highest BCUT2D eigenvalue weighted by molar-refractivity contribution is 9.10. The van der Waals surface area contributed by atoms with Crippen molar-refractivity contribution in [3.05, 3.63) is 39.0 Å². The van der Waals surface area contributed by atoms with Crippen molar-refractivity contribution >= 4 is 21.6 Å². The highest BCUT2D eigenvalue weighted by Gasteiger charge is 2.08. The summed E-state index contributed by atoms with van der Waals surface area (Å²) >= 11 is 3.32. The molecule has 0 amide bonds. The van der Waals surface area contributed by atoms with E-state index in [1.807, 2.05) is 17.8 Å². The zero-order chi connectivity index (χ0) is 15.2. The van der Waals surface area contributed by atoms with Gasteiger partial charge in [0.15, 0.2) is 0 Å². The van der Waals surface area contributed by atoms with Crippen LogP contribution in [-0.4, -0.2) is 39.8 Å². The van der Waals surface area contributed by atoms with Gasteiger partial charge in [-0.25, -0.2) is 4.68 Å². The number of nitrogens with zero attached hydrogens (tertiary/aromatic N) is 4. The van der Waals surface area contributed by atoms with Gasteiger partial charge in [-0.15, -0.1) is 0 Å². The molecule has 2 rings (SSSR count). The smallest absolute Gasteiger partial charge is 0.283 e. The third-order valence-corrected chi connectivity index (χ3v) is 3.88. The molecule has 0 aliphatic carbocycles. The first-order valence-corrected chi connectivity index (χ1v) is 7.38. The number of rotatable bonds is 7. The Morgan fingerprint density at radius 2 is 2.24 bits per heavy atom. The third kappa shape index (κ3) is 3.92. The maximum Gasteiger partial charge on any atom is 0.283 e. The van der Waals surface area contributed by atoms with Gasteiger partial charge in [-0.1, -0.05) is 0 Å². The molecule has 0 atom stereocenters. The summed E-state index contributed by atoms with van der Waals surface area (Å²) < 4.78 is 8.64. The largest absolute Gasteiger partial charge is 0.383 e. The van der Waals surface area contributed by atoms with Crippen LogP contribution in [0.4, 0.5) is 5.69 Å². The van der Waals surface area contributed by atoms with Gasteiger partial charge in [-0.05, 0) is 22.0 Å². The predicted molar refractivity (Wildman–Crippen MR) is 83.5 cm³/mol. The monoisotopic (exact) mass is 355 g/mol. The van der Waals surface area contributed by atoms with Gasteiger partial charge in [-0.2, -0.15) is 10.2 Å². The summed E-state index contributed by atoms with van der Waals surface area (Å²) in [5.41, 5.74) is 1.65. The van der Waals surface area contributed by atoms with Crippen LogP contribution in [0.5, 0.6) is 0 Å². The Bertz CT molecular complexity index is 652. The second kappa shape index (κ2) is 7.37. The Balaban J connectivity index is 1.99. The number of hydrogen-bond acceptors (Lipinski definition) is 5. The van der Waals surface area contributed by atoms with E-state index in [1.54, 1.807) is 19.5 Å². The van der Waals surface area contributed by atoms with Crippen molar-refractivity contribution in [2.45, 2.75) is 13.0 Å². The van der Waals surface area contributed by atoms with Gasteiger partial charge in [-0.3, -0.25) is 9.48 Å². The van der Waals surface area contributed by atoms with E-state index < -0.39 is 0 Å². The van der Waals surface area contributed by atoms with E-state index in [1.165, 1.54) is 4.68 Å². The van der Waals surface area contributed by atoms with E-state index >= 15 is 0 Å². The minimum atomic E-state index is -0.169. The Labute approximate surface area is 131 Å². The Hall–Kier alpha value is -1.67. The molecule has 2 aromatic heterocycles. The molecule has 21 heavy (non-hydrogen) atoms. The molecule has 0 aliphatic rings. The van der Waals surface area contributed by atoms with E-state index in [9.17, 15) is 4.79 Å². The summed E-state index contributed by atoms with van der Waals surface area (Å²) in [6.45, 7) is 1.58. The van der Waals surface area contributed by atoms with Gasteiger partial charge < -0.3 is 10.1 Å². The summed E-state index contributed by atoms with van der Waals surface area (Å²) in [5, 5.41) is 11.4. The molecule has 0 aliphatic heterocycles. The van der Waals surface area contributed by atoms with Crippen LogP contribution >= 0.6 is 15.9 Å². The number of hydrogen-bond donors (Lipinski definition) is 1. The van der Waals surface area contributed by atoms with Crippen molar-refractivity contribution in [2.24, 2.45) is 7.05 Å². The molecular formula is C13H18BrN5O2. The normalized spacial score (nSPS) is 10.8. The predicted octanol–water partition coefficient (Wildman–Crippen LogP) is 1.04. The molecular weight excluding hydrogens is 338 g/mol. The van der Waals surface area contributed by atoms with Crippen molar-refractivity contribution in [1.29, 1.82) is 0 Å². The van der Waals surface area contributed by atoms with Crippen LogP contribution in [-0.2, 0) is 24.8 Å². The van der Waals surface area contributed by atoms with Crippen LogP contribution in [0.2, 0.25) is 0 Å². The van der Waals surface area contributed by atoms with Crippen molar-refractivity contribution < 1.29 is 4.74 Å². The second-order valence-electron chi connectivity index (χ2n) is 4.52. The van der Waals surface area contributed by atoms with Gasteiger partial charge in [0.05, 0.1) is 25.0 Å². The van der Waals surface area contributed by atoms with E-state index in [-0.39, 0.29) is 5.56 Å². The van der Waals surface area contributed by atoms with Crippen molar-refractivity contribution in [2.75, 3.05) is 25.6 Å². The first-order valence-electron chi connectivity index (χ1n) is 6.58.